The molecule has 0 unspecified atom stereocenters. The van der Waals surface area contributed by atoms with Crippen molar-refractivity contribution in [3.05, 3.63) is 51.1 Å². The molecular formula is C23H27N5O. The predicted molar refractivity (Wildman–Crippen MR) is 111 cm³/mol. The van der Waals surface area contributed by atoms with Crippen LogP contribution >= 0.6 is 0 Å². The van der Waals surface area contributed by atoms with Crippen molar-refractivity contribution in [1.82, 2.24) is 14.8 Å². The predicted octanol–water partition coefficient (Wildman–Crippen LogP) is 3.18. The van der Waals surface area contributed by atoms with Gasteiger partial charge in [-0.2, -0.15) is 10.4 Å². The van der Waals surface area contributed by atoms with Gasteiger partial charge in [0, 0.05) is 37.3 Å². The Morgan fingerprint density at radius 1 is 1.10 bits per heavy atom. The second-order valence-electron chi connectivity index (χ2n) is 8.77. The van der Waals surface area contributed by atoms with Gasteiger partial charge in [-0.3, -0.25) is 4.79 Å². The minimum Gasteiger partial charge on any atom is -0.355 e. The summed E-state index contributed by atoms with van der Waals surface area (Å²) in [5, 5.41) is 14.3. The number of piperidine rings is 1. The molecule has 6 nitrogen and oxygen atoms in total. The van der Waals surface area contributed by atoms with Crippen molar-refractivity contribution in [2.24, 2.45) is 5.92 Å². The number of nitrogens with zero attached hydrogens (tertiary/aromatic N) is 5. The second kappa shape index (κ2) is 7.62. The van der Waals surface area contributed by atoms with E-state index in [0.717, 1.165) is 50.3 Å². The lowest BCUT2D eigenvalue weighted by molar-refractivity contribution is 0.332. The highest BCUT2D eigenvalue weighted by Crippen LogP contribution is 2.38. The number of hydrogen-bond acceptors (Lipinski definition) is 5. The molecule has 2 aliphatic carbocycles. The van der Waals surface area contributed by atoms with Crippen LogP contribution in [0.5, 0.6) is 0 Å². The lowest BCUT2D eigenvalue weighted by Gasteiger charge is -2.34. The molecule has 29 heavy (non-hydrogen) atoms. The Kier molecular flexibility index (Phi) is 4.83. The van der Waals surface area contributed by atoms with Crippen LogP contribution in [0.2, 0.25) is 0 Å². The Bertz CT molecular complexity index is 1010. The van der Waals surface area contributed by atoms with Gasteiger partial charge in [0.25, 0.3) is 5.56 Å². The maximum Gasteiger partial charge on any atom is 0.266 e. The zero-order valence-electron chi connectivity index (χ0n) is 16.8. The van der Waals surface area contributed by atoms with Crippen molar-refractivity contribution in [3.63, 3.8) is 0 Å². The Morgan fingerprint density at radius 3 is 2.66 bits per heavy atom. The number of fused-ring (bicyclic) bond motifs is 1. The first-order chi connectivity index (χ1) is 14.2. The first-order valence-electron chi connectivity index (χ1n) is 11.0. The van der Waals surface area contributed by atoms with E-state index in [0.29, 0.717) is 23.9 Å². The van der Waals surface area contributed by atoms with Gasteiger partial charge in [-0.05, 0) is 75.0 Å². The van der Waals surface area contributed by atoms with E-state index < -0.39 is 0 Å². The van der Waals surface area contributed by atoms with E-state index in [2.05, 4.69) is 22.1 Å². The third-order valence-corrected chi connectivity index (χ3v) is 6.63. The smallest absolute Gasteiger partial charge is 0.266 e. The molecular weight excluding hydrogens is 362 g/mol. The first-order valence-corrected chi connectivity index (χ1v) is 11.0. The summed E-state index contributed by atoms with van der Waals surface area (Å²) in [6, 6.07) is 8.00. The van der Waals surface area contributed by atoms with Crippen molar-refractivity contribution in [3.8, 4) is 6.07 Å². The first kappa shape index (κ1) is 18.4. The molecule has 0 amide bonds. The lowest BCUT2D eigenvalue weighted by Crippen LogP contribution is -2.38. The Labute approximate surface area is 171 Å². The number of anilines is 1. The largest absolute Gasteiger partial charge is 0.355 e. The van der Waals surface area contributed by atoms with Crippen molar-refractivity contribution in [1.29, 1.82) is 5.26 Å². The molecule has 5 rings (SSSR count). The molecule has 3 heterocycles. The van der Waals surface area contributed by atoms with E-state index in [1.54, 1.807) is 10.7 Å². The SMILES string of the molecule is N#Cc1cc2c(nc1N1CCC(Cn3nc(C4CC4)ccc3=O)CC1)CCCC2. The highest BCUT2D eigenvalue weighted by molar-refractivity contribution is 5.56. The quantitative estimate of drug-likeness (QED) is 0.803. The van der Waals surface area contributed by atoms with E-state index in [-0.39, 0.29) is 5.56 Å². The van der Waals surface area contributed by atoms with E-state index in [9.17, 15) is 10.1 Å². The van der Waals surface area contributed by atoms with Crippen LogP contribution in [0.3, 0.4) is 0 Å². The van der Waals surface area contributed by atoms with Crippen LogP contribution in [0.1, 0.15) is 67.0 Å². The van der Waals surface area contributed by atoms with Crippen molar-refractivity contribution in [2.75, 3.05) is 18.0 Å². The zero-order chi connectivity index (χ0) is 19.8. The molecule has 2 fully saturated rings. The zero-order valence-corrected chi connectivity index (χ0v) is 16.8. The molecule has 0 atom stereocenters. The summed E-state index contributed by atoms with van der Waals surface area (Å²) in [6.07, 6.45) is 8.82. The van der Waals surface area contributed by atoms with Crippen LogP contribution in [0.4, 0.5) is 5.82 Å². The molecule has 0 N–H and O–H groups in total. The van der Waals surface area contributed by atoms with E-state index in [4.69, 9.17) is 4.98 Å². The van der Waals surface area contributed by atoms with Crippen LogP contribution in [0.15, 0.2) is 23.0 Å². The summed E-state index contributed by atoms with van der Waals surface area (Å²) in [7, 11) is 0. The van der Waals surface area contributed by atoms with Crippen molar-refractivity contribution >= 4 is 5.82 Å². The fraction of sp³-hybridized carbons (Fsp3) is 0.565. The molecule has 0 aromatic carbocycles. The highest BCUT2D eigenvalue weighted by atomic mass is 16.1. The van der Waals surface area contributed by atoms with Crippen LogP contribution < -0.4 is 10.5 Å². The molecule has 3 aliphatic rings. The van der Waals surface area contributed by atoms with Crippen LogP contribution in [0, 0.1) is 17.2 Å². The second-order valence-corrected chi connectivity index (χ2v) is 8.77. The fourth-order valence-corrected chi connectivity index (χ4v) is 4.71. The van der Waals surface area contributed by atoms with Gasteiger partial charge in [-0.25, -0.2) is 9.67 Å². The van der Waals surface area contributed by atoms with Crippen molar-refractivity contribution in [2.45, 2.75) is 63.8 Å². The third kappa shape index (κ3) is 3.78. The molecule has 0 radical (unpaired) electrons. The molecule has 0 spiro atoms. The number of pyridine rings is 1. The maximum atomic E-state index is 12.2. The van der Waals surface area contributed by atoms with Crippen LogP contribution in [-0.4, -0.2) is 27.9 Å². The standard InChI is InChI=1S/C23H27N5O/c24-14-19-13-18-3-1-2-4-20(18)25-23(19)27-11-9-16(10-12-27)15-28-22(29)8-7-21(26-28)17-5-6-17/h7-8,13,16-17H,1-6,9-12,15H2. The number of aryl methyl sites for hydroxylation is 2. The van der Waals surface area contributed by atoms with Gasteiger partial charge in [-0.15, -0.1) is 0 Å². The molecule has 1 aliphatic heterocycles. The molecule has 0 bridgehead atoms. The Balaban J connectivity index is 1.28. The molecule has 2 aromatic rings. The van der Waals surface area contributed by atoms with Gasteiger partial charge < -0.3 is 4.90 Å². The third-order valence-electron chi connectivity index (χ3n) is 6.63. The molecule has 2 aromatic heterocycles. The number of nitriles is 1. The highest BCUT2D eigenvalue weighted by Gasteiger charge is 2.27. The van der Waals surface area contributed by atoms with Crippen LogP contribution in [-0.2, 0) is 19.4 Å². The Hall–Kier alpha value is -2.68. The van der Waals surface area contributed by atoms with Crippen molar-refractivity contribution < 1.29 is 0 Å². The summed E-state index contributed by atoms with van der Waals surface area (Å²) >= 11 is 0. The van der Waals surface area contributed by atoms with Gasteiger partial charge in [0.2, 0.25) is 0 Å². The fourth-order valence-electron chi connectivity index (χ4n) is 4.71. The Morgan fingerprint density at radius 2 is 1.90 bits per heavy atom. The topological polar surface area (TPSA) is 74.8 Å². The molecule has 150 valence electrons. The minimum atomic E-state index is -0.0000460. The van der Waals surface area contributed by atoms with Gasteiger partial charge in [0.1, 0.15) is 11.9 Å². The maximum absolute atomic E-state index is 12.2. The average molecular weight is 390 g/mol. The average Bonchev–Trinajstić information content (AvgIpc) is 3.60. The summed E-state index contributed by atoms with van der Waals surface area (Å²) in [4.78, 5) is 19.4. The number of rotatable bonds is 4. The molecule has 6 heteroatoms. The molecule has 1 saturated carbocycles. The summed E-state index contributed by atoms with van der Waals surface area (Å²) < 4.78 is 1.67. The summed E-state index contributed by atoms with van der Waals surface area (Å²) in [5.74, 6) is 1.86. The summed E-state index contributed by atoms with van der Waals surface area (Å²) in [6.45, 7) is 2.44. The molecule has 1 saturated heterocycles. The number of hydrogen-bond donors (Lipinski definition) is 0. The van der Waals surface area contributed by atoms with E-state index in [1.807, 2.05) is 6.07 Å². The minimum absolute atomic E-state index is 0.0000460. The number of aromatic nitrogens is 3. The van der Waals surface area contributed by atoms with Crippen LogP contribution in [0.25, 0.3) is 0 Å². The van der Waals surface area contributed by atoms with E-state index >= 15 is 0 Å². The van der Waals surface area contributed by atoms with Gasteiger partial charge in [-0.1, -0.05) is 0 Å². The lowest BCUT2D eigenvalue weighted by atomic mass is 9.93. The summed E-state index contributed by atoms with van der Waals surface area (Å²) in [5.41, 5.74) is 4.21. The van der Waals surface area contributed by atoms with Gasteiger partial charge >= 0.3 is 0 Å². The van der Waals surface area contributed by atoms with Gasteiger partial charge in [0.05, 0.1) is 11.3 Å². The normalized spacial score (nSPS) is 19.6. The monoisotopic (exact) mass is 389 g/mol. The van der Waals surface area contributed by atoms with Gasteiger partial charge in [0.15, 0.2) is 0 Å². The van der Waals surface area contributed by atoms with E-state index in [1.165, 1.54) is 36.9 Å².